The topological polar surface area (TPSA) is 62.2 Å². The highest BCUT2D eigenvalue weighted by Gasteiger charge is 2.01. The van der Waals surface area contributed by atoms with E-state index in [4.69, 9.17) is 16.7 Å². The van der Waals surface area contributed by atoms with Crippen LogP contribution in [0.5, 0.6) is 0 Å². The predicted molar refractivity (Wildman–Crippen MR) is 66.3 cm³/mol. The van der Waals surface area contributed by atoms with Crippen LogP contribution in [0.2, 0.25) is 5.15 Å². The van der Waals surface area contributed by atoms with E-state index in [1.807, 2.05) is 18.2 Å². The molecule has 1 aromatic carbocycles. The number of amides is 1. The van der Waals surface area contributed by atoms with Crippen molar-refractivity contribution in [2.24, 2.45) is 0 Å². The van der Waals surface area contributed by atoms with E-state index in [-0.39, 0.29) is 0 Å². The Balaban J connectivity index is 2.26. The van der Waals surface area contributed by atoms with Crippen LogP contribution in [0, 0.1) is 0 Å². The molecule has 2 N–H and O–H groups in total. The molecule has 0 aliphatic rings. The molecular weight excluding hydrogens is 240 g/mol. The maximum Gasteiger partial charge on any atom is 0.409 e. The maximum absolute atomic E-state index is 10.4. The fraction of sp³-hybridized carbons (Fsp3) is 0. The molecule has 86 valence electrons. The highest BCUT2D eigenvalue weighted by atomic mass is 35.5. The molecule has 0 saturated carbocycles. The third-order valence-electron chi connectivity index (χ3n) is 2.20. The van der Waals surface area contributed by atoms with Gasteiger partial charge in [0.2, 0.25) is 0 Å². The molecule has 1 aromatic heterocycles. The average Bonchev–Trinajstić information content (AvgIpc) is 2.29. The van der Waals surface area contributed by atoms with E-state index in [1.165, 1.54) is 0 Å². The molecule has 0 saturated heterocycles. The number of hydrogen-bond acceptors (Lipinski definition) is 2. The first-order valence-corrected chi connectivity index (χ1v) is 5.25. The quantitative estimate of drug-likeness (QED) is 0.800. The number of rotatable bonds is 2. The van der Waals surface area contributed by atoms with Crippen LogP contribution in [0.3, 0.4) is 0 Å². The lowest BCUT2D eigenvalue weighted by molar-refractivity contribution is 0.210. The van der Waals surface area contributed by atoms with Crippen molar-refractivity contribution in [3.63, 3.8) is 0 Å². The summed E-state index contributed by atoms with van der Waals surface area (Å²) in [6, 6.07) is 10.6. The molecule has 0 aliphatic carbocycles. The van der Waals surface area contributed by atoms with Crippen LogP contribution in [-0.2, 0) is 0 Å². The second-order valence-electron chi connectivity index (χ2n) is 3.37. The summed E-state index contributed by atoms with van der Waals surface area (Å²) >= 11 is 5.79. The molecule has 1 heterocycles. The van der Waals surface area contributed by atoms with Gasteiger partial charge in [-0.1, -0.05) is 23.7 Å². The molecule has 0 spiro atoms. The first kappa shape index (κ1) is 11.4. The Morgan fingerprint density at radius 3 is 2.47 bits per heavy atom. The van der Waals surface area contributed by atoms with Gasteiger partial charge in [-0.25, -0.2) is 9.78 Å². The number of halogens is 1. The molecule has 1 amide bonds. The van der Waals surface area contributed by atoms with Crippen LogP contribution in [0.1, 0.15) is 0 Å². The zero-order valence-electron chi connectivity index (χ0n) is 8.72. The van der Waals surface area contributed by atoms with Crippen molar-refractivity contribution < 1.29 is 9.90 Å². The third-order valence-corrected chi connectivity index (χ3v) is 2.40. The normalized spacial score (nSPS) is 9.94. The average molecular weight is 249 g/mol. The van der Waals surface area contributed by atoms with Crippen LogP contribution in [-0.4, -0.2) is 16.2 Å². The number of hydrogen-bond donors (Lipinski definition) is 2. The van der Waals surface area contributed by atoms with E-state index in [0.29, 0.717) is 10.8 Å². The molecule has 0 radical (unpaired) electrons. The summed E-state index contributed by atoms with van der Waals surface area (Å²) in [4.78, 5) is 14.3. The van der Waals surface area contributed by atoms with Crippen LogP contribution in [0.4, 0.5) is 10.5 Å². The summed E-state index contributed by atoms with van der Waals surface area (Å²) in [6.45, 7) is 0. The summed E-state index contributed by atoms with van der Waals surface area (Å²) < 4.78 is 0. The van der Waals surface area contributed by atoms with Gasteiger partial charge in [0.25, 0.3) is 0 Å². The van der Waals surface area contributed by atoms with Gasteiger partial charge in [0.1, 0.15) is 5.15 Å². The third kappa shape index (κ3) is 2.95. The van der Waals surface area contributed by atoms with E-state index >= 15 is 0 Å². The highest BCUT2D eigenvalue weighted by Crippen LogP contribution is 2.22. The van der Waals surface area contributed by atoms with Crippen molar-refractivity contribution in [3.8, 4) is 11.1 Å². The number of aromatic nitrogens is 1. The lowest BCUT2D eigenvalue weighted by Gasteiger charge is -2.04. The van der Waals surface area contributed by atoms with Gasteiger partial charge in [-0.15, -0.1) is 0 Å². The molecule has 2 aromatic rings. The Labute approximate surface area is 103 Å². The van der Waals surface area contributed by atoms with Crippen molar-refractivity contribution in [2.75, 3.05) is 5.32 Å². The Hall–Kier alpha value is -2.07. The van der Waals surface area contributed by atoms with Crippen LogP contribution in [0.25, 0.3) is 11.1 Å². The van der Waals surface area contributed by atoms with Crippen LogP contribution >= 0.6 is 11.6 Å². The Bertz CT molecular complexity index is 540. The van der Waals surface area contributed by atoms with E-state index < -0.39 is 6.09 Å². The maximum atomic E-state index is 10.4. The lowest BCUT2D eigenvalue weighted by Crippen LogP contribution is -2.06. The van der Waals surface area contributed by atoms with Gasteiger partial charge >= 0.3 is 6.09 Å². The van der Waals surface area contributed by atoms with Gasteiger partial charge in [-0.3, -0.25) is 5.32 Å². The van der Waals surface area contributed by atoms with E-state index in [1.54, 1.807) is 24.4 Å². The lowest BCUT2D eigenvalue weighted by atomic mass is 10.1. The number of carboxylic acid groups (broad SMARTS) is 1. The summed E-state index contributed by atoms with van der Waals surface area (Å²) in [5.41, 5.74) is 2.42. The smallest absolute Gasteiger partial charge is 0.409 e. The Morgan fingerprint density at radius 2 is 1.88 bits per heavy atom. The zero-order chi connectivity index (χ0) is 12.3. The molecular formula is C12H9ClN2O2. The van der Waals surface area contributed by atoms with Crippen molar-refractivity contribution in [1.82, 2.24) is 4.98 Å². The first-order valence-electron chi connectivity index (χ1n) is 4.87. The molecule has 4 nitrogen and oxygen atoms in total. The standard InChI is InChI=1S/C12H9ClN2O2/c13-11-7-9(5-6-14-11)8-1-3-10(4-2-8)15-12(16)17/h1-7,15H,(H,16,17). The minimum atomic E-state index is -1.08. The molecule has 0 bridgehead atoms. The monoisotopic (exact) mass is 248 g/mol. The van der Waals surface area contributed by atoms with E-state index in [2.05, 4.69) is 10.3 Å². The first-order chi connectivity index (χ1) is 8.15. The zero-order valence-corrected chi connectivity index (χ0v) is 9.48. The van der Waals surface area contributed by atoms with Crippen LogP contribution in [0.15, 0.2) is 42.6 Å². The molecule has 0 unspecified atom stereocenters. The molecule has 2 rings (SSSR count). The minimum absolute atomic E-state index is 0.426. The number of nitrogens with zero attached hydrogens (tertiary/aromatic N) is 1. The SMILES string of the molecule is O=C(O)Nc1ccc(-c2ccnc(Cl)c2)cc1. The van der Waals surface area contributed by atoms with Gasteiger partial charge in [-0.05, 0) is 35.4 Å². The largest absolute Gasteiger partial charge is 0.465 e. The summed E-state index contributed by atoms with van der Waals surface area (Å²) in [5, 5.41) is 11.3. The van der Waals surface area contributed by atoms with E-state index in [0.717, 1.165) is 11.1 Å². The van der Waals surface area contributed by atoms with Gasteiger partial charge in [0, 0.05) is 11.9 Å². The number of nitrogens with one attached hydrogen (secondary N) is 1. The Kier molecular flexibility index (Phi) is 3.25. The summed E-state index contributed by atoms with van der Waals surface area (Å²) in [5.74, 6) is 0. The molecule has 17 heavy (non-hydrogen) atoms. The van der Waals surface area contributed by atoms with Crippen molar-refractivity contribution >= 4 is 23.4 Å². The summed E-state index contributed by atoms with van der Waals surface area (Å²) in [6.07, 6.45) is 0.547. The predicted octanol–water partition coefficient (Wildman–Crippen LogP) is 3.49. The second-order valence-corrected chi connectivity index (χ2v) is 3.76. The minimum Gasteiger partial charge on any atom is -0.465 e. The highest BCUT2D eigenvalue weighted by molar-refractivity contribution is 6.29. The van der Waals surface area contributed by atoms with Gasteiger partial charge < -0.3 is 5.11 Å². The van der Waals surface area contributed by atoms with Crippen molar-refractivity contribution in [2.45, 2.75) is 0 Å². The van der Waals surface area contributed by atoms with Crippen molar-refractivity contribution in [3.05, 3.63) is 47.7 Å². The number of carbonyl (C=O) groups is 1. The fourth-order valence-corrected chi connectivity index (χ4v) is 1.63. The van der Waals surface area contributed by atoms with Gasteiger partial charge in [0.05, 0.1) is 0 Å². The fourth-order valence-electron chi connectivity index (χ4n) is 1.45. The summed E-state index contributed by atoms with van der Waals surface area (Å²) in [7, 11) is 0. The molecule has 0 aliphatic heterocycles. The van der Waals surface area contributed by atoms with Crippen LogP contribution < -0.4 is 5.32 Å². The number of anilines is 1. The van der Waals surface area contributed by atoms with Gasteiger partial charge in [-0.2, -0.15) is 0 Å². The molecule has 0 fully saturated rings. The van der Waals surface area contributed by atoms with Gasteiger partial charge in [0.15, 0.2) is 0 Å². The second kappa shape index (κ2) is 4.84. The molecule has 0 atom stereocenters. The number of benzene rings is 1. The Morgan fingerprint density at radius 1 is 1.18 bits per heavy atom. The van der Waals surface area contributed by atoms with E-state index in [9.17, 15) is 4.79 Å². The number of pyridine rings is 1. The molecule has 5 heteroatoms. The van der Waals surface area contributed by atoms with Crippen molar-refractivity contribution in [1.29, 1.82) is 0 Å².